The second-order valence-corrected chi connectivity index (χ2v) is 7.43. The molecule has 7 heteroatoms. The van der Waals surface area contributed by atoms with E-state index in [1.165, 1.54) is 0 Å². The molecular weight excluding hydrogens is 316 g/mol. The molecule has 0 spiro atoms. The predicted octanol–water partition coefficient (Wildman–Crippen LogP) is 2.37. The maximum absolute atomic E-state index is 12.7. The molecule has 1 saturated heterocycles. The van der Waals surface area contributed by atoms with Crippen LogP contribution >= 0.6 is 12.4 Å². The summed E-state index contributed by atoms with van der Waals surface area (Å²) in [4.78, 5) is 12.7. The molecule has 0 unspecified atom stereocenters. The highest BCUT2D eigenvalue weighted by molar-refractivity contribution is 5.94. The lowest BCUT2D eigenvalue weighted by molar-refractivity contribution is -0.130. The number of carbonyl (C=O) groups is 1. The van der Waals surface area contributed by atoms with Crippen LogP contribution in [0.25, 0.3) is 0 Å². The molecule has 0 radical (unpaired) electrons. The van der Waals surface area contributed by atoms with E-state index in [0.29, 0.717) is 12.4 Å². The van der Waals surface area contributed by atoms with Crippen molar-refractivity contribution in [1.29, 1.82) is 0 Å². The van der Waals surface area contributed by atoms with E-state index in [4.69, 9.17) is 4.74 Å². The topological polar surface area (TPSA) is 79.0 Å². The van der Waals surface area contributed by atoms with Crippen molar-refractivity contribution in [2.24, 2.45) is 10.8 Å². The van der Waals surface area contributed by atoms with Crippen LogP contribution in [0.3, 0.4) is 0 Å². The van der Waals surface area contributed by atoms with E-state index >= 15 is 0 Å². The summed E-state index contributed by atoms with van der Waals surface area (Å²) >= 11 is 0. The normalized spacial score (nSPS) is 17.4. The van der Waals surface area contributed by atoms with Gasteiger partial charge in [0.2, 0.25) is 5.91 Å². The molecule has 1 fully saturated rings. The number of hydrogen-bond acceptors (Lipinski definition) is 4. The lowest BCUT2D eigenvalue weighted by Gasteiger charge is -2.35. The lowest BCUT2D eigenvalue weighted by Crippen LogP contribution is -2.47. The molecule has 2 rings (SSSR count). The van der Waals surface area contributed by atoms with Gasteiger partial charge in [-0.05, 0) is 37.8 Å². The minimum absolute atomic E-state index is 0. The van der Waals surface area contributed by atoms with Crippen molar-refractivity contribution in [2.45, 2.75) is 40.0 Å². The van der Waals surface area contributed by atoms with E-state index in [2.05, 4.69) is 41.6 Å². The van der Waals surface area contributed by atoms with Crippen molar-refractivity contribution in [3.05, 3.63) is 11.8 Å². The van der Waals surface area contributed by atoms with Gasteiger partial charge in [0, 0.05) is 18.9 Å². The van der Waals surface area contributed by atoms with E-state index in [-0.39, 0.29) is 23.7 Å². The summed E-state index contributed by atoms with van der Waals surface area (Å²) < 4.78 is 5.30. The summed E-state index contributed by atoms with van der Waals surface area (Å²) in [6, 6.07) is 1.92. The van der Waals surface area contributed by atoms with Gasteiger partial charge >= 0.3 is 0 Å². The van der Waals surface area contributed by atoms with Gasteiger partial charge < -0.3 is 15.4 Å². The zero-order valence-corrected chi connectivity index (χ0v) is 15.3. The molecule has 1 aromatic rings. The number of ether oxygens (including phenoxy) is 1. The van der Waals surface area contributed by atoms with Crippen LogP contribution in [0.4, 0.5) is 5.82 Å². The SMILES string of the molecule is COCC1(C(=O)Nc2cc(CC(C)(C)C)[nH]n2)CCNCC1.Cl. The number of aromatic nitrogens is 2. The molecule has 0 aromatic carbocycles. The quantitative estimate of drug-likeness (QED) is 0.766. The monoisotopic (exact) mass is 344 g/mol. The molecule has 6 nitrogen and oxygen atoms in total. The average molecular weight is 345 g/mol. The standard InChI is InChI=1S/C16H28N4O2.ClH/c1-15(2,3)10-12-9-13(20-19-12)18-14(21)16(11-22-4)5-7-17-8-6-16;/h9,17H,5-8,10-11H2,1-4H3,(H2,18,19,20,21);1H. The minimum atomic E-state index is -0.455. The van der Waals surface area contributed by atoms with Crippen LogP contribution in [0.1, 0.15) is 39.3 Å². The van der Waals surface area contributed by atoms with E-state index in [9.17, 15) is 4.79 Å². The van der Waals surface area contributed by atoms with Gasteiger partial charge in [-0.1, -0.05) is 20.8 Å². The zero-order chi connectivity index (χ0) is 16.2. The van der Waals surface area contributed by atoms with Crippen molar-refractivity contribution in [3.63, 3.8) is 0 Å². The van der Waals surface area contributed by atoms with Crippen LogP contribution in [0.2, 0.25) is 0 Å². The highest BCUT2D eigenvalue weighted by Crippen LogP contribution is 2.31. The predicted molar refractivity (Wildman–Crippen MR) is 94.0 cm³/mol. The summed E-state index contributed by atoms with van der Waals surface area (Å²) in [5.41, 5.74) is 0.761. The zero-order valence-electron chi connectivity index (χ0n) is 14.5. The Hall–Kier alpha value is -1.11. The maximum atomic E-state index is 12.7. The van der Waals surface area contributed by atoms with Gasteiger partial charge in [0.1, 0.15) is 0 Å². The third-order valence-corrected chi connectivity index (χ3v) is 4.06. The van der Waals surface area contributed by atoms with E-state index < -0.39 is 5.41 Å². The maximum Gasteiger partial charge on any atom is 0.234 e. The smallest absolute Gasteiger partial charge is 0.234 e. The number of nitrogens with one attached hydrogen (secondary N) is 3. The Morgan fingerprint density at radius 2 is 2.04 bits per heavy atom. The Morgan fingerprint density at radius 3 is 2.61 bits per heavy atom. The Balaban J connectivity index is 0.00000264. The Morgan fingerprint density at radius 1 is 1.39 bits per heavy atom. The molecule has 1 aliphatic rings. The lowest BCUT2D eigenvalue weighted by atomic mass is 9.78. The van der Waals surface area contributed by atoms with E-state index in [1.54, 1.807) is 7.11 Å². The van der Waals surface area contributed by atoms with Crippen molar-refractivity contribution in [2.75, 3.05) is 32.1 Å². The number of carbonyl (C=O) groups excluding carboxylic acids is 1. The number of hydrogen-bond donors (Lipinski definition) is 3. The van der Waals surface area contributed by atoms with Crippen LogP contribution in [0.15, 0.2) is 6.07 Å². The Bertz CT molecular complexity index is 499. The third-order valence-electron chi connectivity index (χ3n) is 4.06. The van der Waals surface area contributed by atoms with Gasteiger partial charge in [-0.25, -0.2) is 0 Å². The first-order valence-electron chi connectivity index (χ1n) is 7.90. The van der Waals surface area contributed by atoms with Gasteiger partial charge in [-0.2, -0.15) is 5.10 Å². The first-order valence-corrected chi connectivity index (χ1v) is 7.90. The van der Waals surface area contributed by atoms with E-state index in [0.717, 1.165) is 38.0 Å². The van der Waals surface area contributed by atoms with Crippen LogP contribution in [0, 0.1) is 10.8 Å². The van der Waals surface area contributed by atoms with Gasteiger partial charge in [-0.3, -0.25) is 9.89 Å². The Labute approximate surface area is 144 Å². The molecule has 132 valence electrons. The number of amides is 1. The van der Waals surface area contributed by atoms with Crippen molar-refractivity contribution in [1.82, 2.24) is 15.5 Å². The molecule has 0 atom stereocenters. The fourth-order valence-electron chi connectivity index (χ4n) is 2.96. The van der Waals surface area contributed by atoms with Crippen LogP contribution in [-0.2, 0) is 16.0 Å². The number of aromatic amines is 1. The molecule has 1 amide bonds. The van der Waals surface area contributed by atoms with Crippen LogP contribution in [-0.4, -0.2) is 42.9 Å². The molecule has 23 heavy (non-hydrogen) atoms. The van der Waals surface area contributed by atoms with Crippen molar-refractivity contribution >= 4 is 24.1 Å². The van der Waals surface area contributed by atoms with Crippen LogP contribution in [0.5, 0.6) is 0 Å². The van der Waals surface area contributed by atoms with Gasteiger partial charge in [0.25, 0.3) is 0 Å². The van der Waals surface area contributed by atoms with E-state index in [1.807, 2.05) is 6.07 Å². The third kappa shape index (κ3) is 5.48. The number of anilines is 1. The van der Waals surface area contributed by atoms with Gasteiger partial charge in [0.15, 0.2) is 5.82 Å². The number of nitrogens with zero attached hydrogens (tertiary/aromatic N) is 1. The highest BCUT2D eigenvalue weighted by Gasteiger charge is 2.39. The second-order valence-electron chi connectivity index (χ2n) is 7.43. The van der Waals surface area contributed by atoms with Gasteiger partial charge in [0.05, 0.1) is 12.0 Å². The Kier molecular flexibility index (Phi) is 7.04. The van der Waals surface area contributed by atoms with Crippen molar-refractivity contribution < 1.29 is 9.53 Å². The van der Waals surface area contributed by atoms with Crippen LogP contribution < -0.4 is 10.6 Å². The van der Waals surface area contributed by atoms with Crippen molar-refractivity contribution in [3.8, 4) is 0 Å². The molecule has 1 aliphatic heterocycles. The molecular formula is C16H29ClN4O2. The molecule has 2 heterocycles. The average Bonchev–Trinajstić information content (AvgIpc) is 2.85. The first-order chi connectivity index (χ1) is 10.3. The molecule has 3 N–H and O–H groups in total. The minimum Gasteiger partial charge on any atom is -0.384 e. The molecule has 1 aromatic heterocycles. The number of halogens is 1. The molecule has 0 aliphatic carbocycles. The number of piperidine rings is 1. The number of H-pyrrole nitrogens is 1. The summed E-state index contributed by atoms with van der Waals surface area (Å²) in [6.07, 6.45) is 2.46. The summed E-state index contributed by atoms with van der Waals surface area (Å²) in [6.45, 7) is 8.65. The summed E-state index contributed by atoms with van der Waals surface area (Å²) in [5, 5.41) is 13.5. The fraction of sp³-hybridized carbons (Fsp3) is 0.750. The number of methoxy groups -OCH3 is 1. The summed E-state index contributed by atoms with van der Waals surface area (Å²) in [5.74, 6) is 0.600. The van der Waals surface area contributed by atoms with Gasteiger partial charge in [-0.15, -0.1) is 12.4 Å². The second kappa shape index (κ2) is 8.13. The number of rotatable bonds is 5. The molecule has 0 bridgehead atoms. The fourth-order valence-corrected chi connectivity index (χ4v) is 2.96. The first kappa shape index (κ1) is 19.9. The largest absolute Gasteiger partial charge is 0.384 e. The summed E-state index contributed by atoms with van der Waals surface area (Å²) in [7, 11) is 1.65. The molecule has 0 saturated carbocycles. The highest BCUT2D eigenvalue weighted by atomic mass is 35.5.